The van der Waals surface area contributed by atoms with E-state index in [2.05, 4.69) is 10.0 Å². The van der Waals surface area contributed by atoms with Crippen LogP contribution in [0.4, 0.5) is 0 Å². The summed E-state index contributed by atoms with van der Waals surface area (Å²) in [7, 11) is 1.52. The van der Waals surface area contributed by atoms with Crippen LogP contribution in [0.1, 0.15) is 23.6 Å². The molecule has 1 fully saturated rings. The van der Waals surface area contributed by atoms with Gasteiger partial charge in [-0.3, -0.25) is 4.79 Å². The Morgan fingerprint density at radius 2 is 1.37 bits per heavy atom. The fourth-order valence-corrected chi connectivity index (χ4v) is 5.43. The lowest BCUT2D eigenvalue weighted by molar-refractivity contribution is -0.321. The Kier molecular flexibility index (Phi) is 13.2. The molecule has 0 bridgehead atoms. The summed E-state index contributed by atoms with van der Waals surface area (Å²) >= 11 is 0. The van der Waals surface area contributed by atoms with Crippen LogP contribution in [0.2, 0.25) is 0 Å². The van der Waals surface area contributed by atoms with Crippen molar-refractivity contribution in [3.05, 3.63) is 130 Å². The zero-order chi connectivity index (χ0) is 34.4. The van der Waals surface area contributed by atoms with E-state index in [1.54, 1.807) is 0 Å². The Morgan fingerprint density at radius 1 is 0.837 bits per heavy atom. The molecule has 13 heteroatoms. The second-order valence-corrected chi connectivity index (χ2v) is 11.3. The van der Waals surface area contributed by atoms with Gasteiger partial charge in [0, 0.05) is 25.0 Å². The zero-order valence-electron chi connectivity index (χ0n) is 27.2. The molecule has 2 aliphatic rings. The number of azide groups is 1. The summed E-state index contributed by atoms with van der Waals surface area (Å²) < 4.78 is 48.1. The molecule has 258 valence electrons. The van der Waals surface area contributed by atoms with Gasteiger partial charge < -0.3 is 37.9 Å². The van der Waals surface area contributed by atoms with Crippen molar-refractivity contribution in [1.82, 2.24) is 0 Å². The van der Waals surface area contributed by atoms with Crippen molar-refractivity contribution < 1.29 is 47.5 Å². The summed E-state index contributed by atoms with van der Waals surface area (Å²) in [5.74, 6) is -1.45. The monoisotopic (exact) mass is 673 g/mol. The first-order valence-corrected chi connectivity index (χ1v) is 15.8. The Morgan fingerprint density at radius 3 is 1.88 bits per heavy atom. The van der Waals surface area contributed by atoms with E-state index >= 15 is 0 Å². The van der Waals surface area contributed by atoms with Crippen molar-refractivity contribution in [2.75, 3.05) is 20.3 Å². The SMILES string of the molecule is CO[C@H]1O[C@H](COC2=C[C@@H]([C@H](COC(C)=O)N=[N+]=[N-])OC2=O)[C@@H](OCc2ccccc2)[C@H](OCc2ccccc2)[C@H]1OCc1ccccc1. The van der Waals surface area contributed by atoms with Gasteiger partial charge in [-0.2, -0.15) is 0 Å². The number of methoxy groups -OCH3 is 1. The summed E-state index contributed by atoms with van der Waals surface area (Å²) in [5.41, 5.74) is 11.8. The van der Waals surface area contributed by atoms with Crippen LogP contribution in [-0.4, -0.2) is 75.1 Å². The van der Waals surface area contributed by atoms with Crippen LogP contribution >= 0.6 is 0 Å². The molecule has 2 heterocycles. The van der Waals surface area contributed by atoms with Gasteiger partial charge in [0.15, 0.2) is 6.29 Å². The lowest BCUT2D eigenvalue weighted by Crippen LogP contribution is -2.61. The number of nitrogens with zero attached hydrogens (tertiary/aromatic N) is 3. The van der Waals surface area contributed by atoms with Crippen LogP contribution < -0.4 is 0 Å². The highest BCUT2D eigenvalue weighted by Crippen LogP contribution is 2.32. The van der Waals surface area contributed by atoms with Crippen molar-refractivity contribution >= 4 is 11.9 Å². The molecular weight excluding hydrogens is 634 g/mol. The predicted molar refractivity (Wildman–Crippen MR) is 174 cm³/mol. The molecule has 0 saturated carbocycles. The molecule has 0 aliphatic carbocycles. The van der Waals surface area contributed by atoms with Crippen LogP contribution in [0.3, 0.4) is 0 Å². The van der Waals surface area contributed by atoms with Gasteiger partial charge >= 0.3 is 11.9 Å². The normalized spacial score (nSPS) is 23.9. The number of hydrogen-bond donors (Lipinski definition) is 0. The van der Waals surface area contributed by atoms with Gasteiger partial charge in [-0.05, 0) is 22.2 Å². The number of benzene rings is 3. The third kappa shape index (κ3) is 10.1. The predicted octanol–water partition coefficient (Wildman–Crippen LogP) is 5.18. The maximum Gasteiger partial charge on any atom is 0.374 e. The van der Waals surface area contributed by atoms with E-state index in [0.717, 1.165) is 16.7 Å². The van der Waals surface area contributed by atoms with E-state index in [0.29, 0.717) is 0 Å². The smallest absolute Gasteiger partial charge is 0.374 e. The summed E-state index contributed by atoms with van der Waals surface area (Å²) in [4.78, 5) is 26.9. The maximum atomic E-state index is 12.8. The molecule has 5 rings (SSSR count). The number of rotatable bonds is 17. The van der Waals surface area contributed by atoms with Crippen LogP contribution in [0.25, 0.3) is 10.4 Å². The number of cyclic esters (lactones) is 1. The maximum absolute atomic E-state index is 12.8. The summed E-state index contributed by atoms with van der Waals surface area (Å²) in [5, 5.41) is 3.62. The van der Waals surface area contributed by atoms with Gasteiger partial charge in [0.1, 0.15) is 49.8 Å². The molecule has 0 amide bonds. The number of esters is 2. The number of carbonyl (C=O) groups is 2. The molecule has 49 heavy (non-hydrogen) atoms. The lowest BCUT2D eigenvalue weighted by atomic mass is 9.97. The van der Waals surface area contributed by atoms with E-state index in [-0.39, 0.29) is 38.8 Å². The van der Waals surface area contributed by atoms with E-state index < -0.39 is 54.8 Å². The van der Waals surface area contributed by atoms with Crippen molar-refractivity contribution in [3.8, 4) is 0 Å². The van der Waals surface area contributed by atoms with Crippen molar-refractivity contribution in [3.63, 3.8) is 0 Å². The first-order chi connectivity index (χ1) is 23.9. The Hall–Kier alpha value is -4.75. The second-order valence-electron chi connectivity index (χ2n) is 11.3. The fraction of sp³-hybridized carbons (Fsp3) is 0.389. The fourth-order valence-electron chi connectivity index (χ4n) is 5.43. The van der Waals surface area contributed by atoms with Crippen molar-refractivity contribution in [2.24, 2.45) is 5.11 Å². The lowest BCUT2D eigenvalue weighted by Gasteiger charge is -2.45. The number of ether oxygens (including phenoxy) is 8. The zero-order valence-corrected chi connectivity index (χ0v) is 27.2. The molecule has 3 aromatic rings. The molecule has 1 saturated heterocycles. The highest BCUT2D eigenvalue weighted by Gasteiger charge is 2.49. The van der Waals surface area contributed by atoms with Gasteiger partial charge in [0.2, 0.25) is 5.76 Å². The Balaban J connectivity index is 1.39. The minimum Gasteiger partial charge on any atom is -0.484 e. The molecule has 0 N–H and O–H groups in total. The molecule has 0 unspecified atom stereocenters. The third-order valence-electron chi connectivity index (χ3n) is 7.88. The van der Waals surface area contributed by atoms with E-state index in [9.17, 15) is 9.59 Å². The van der Waals surface area contributed by atoms with Crippen molar-refractivity contribution in [2.45, 2.75) is 69.6 Å². The largest absolute Gasteiger partial charge is 0.484 e. The average molecular weight is 674 g/mol. The molecular formula is C36H39N3O10. The van der Waals surface area contributed by atoms with Gasteiger partial charge in [0.05, 0.1) is 19.8 Å². The number of carbonyl (C=O) groups excluding carboxylic acids is 2. The van der Waals surface area contributed by atoms with Crippen LogP contribution in [0, 0.1) is 0 Å². The summed E-state index contributed by atoms with van der Waals surface area (Å²) in [6.07, 6.45) is -3.45. The first kappa shape index (κ1) is 35.6. The van der Waals surface area contributed by atoms with Gasteiger partial charge in [-0.25, -0.2) is 4.79 Å². The third-order valence-corrected chi connectivity index (χ3v) is 7.88. The molecule has 0 aromatic heterocycles. The minimum atomic E-state index is -1.00. The molecule has 2 aliphatic heterocycles. The standard InChI is InChI=1S/C36H39N3O10/c1-24(40)43-22-28(38-39-37)29-18-30(35(41)48-29)44-23-31-32(45-19-25-12-6-3-7-13-25)33(46-20-26-14-8-4-9-15-26)34(36(42-2)49-31)47-21-27-16-10-5-11-17-27/h3-18,28-29,31-34,36H,19-23H2,1-2H3/t28-,29-,31+,32+,33-,34+,36-/m0/s1. The highest BCUT2D eigenvalue weighted by atomic mass is 16.7. The first-order valence-electron chi connectivity index (χ1n) is 15.8. The van der Waals surface area contributed by atoms with Crippen LogP contribution in [0.5, 0.6) is 0 Å². The van der Waals surface area contributed by atoms with Gasteiger partial charge in [-0.15, -0.1) is 0 Å². The van der Waals surface area contributed by atoms with Crippen LogP contribution in [-0.2, 0) is 67.3 Å². The average Bonchev–Trinajstić information content (AvgIpc) is 3.50. The minimum absolute atomic E-state index is 0.116. The topological polar surface area (TPSA) is 157 Å². The van der Waals surface area contributed by atoms with Crippen LogP contribution in [0.15, 0.2) is 108 Å². The molecule has 0 radical (unpaired) electrons. The molecule has 13 nitrogen and oxygen atoms in total. The van der Waals surface area contributed by atoms with Gasteiger partial charge in [-0.1, -0.05) is 96.1 Å². The Bertz CT molecular complexity index is 1570. The summed E-state index contributed by atoms with van der Waals surface area (Å²) in [6, 6.07) is 28.2. The van der Waals surface area contributed by atoms with E-state index in [4.69, 9.17) is 43.4 Å². The molecule has 0 spiro atoms. The second kappa shape index (κ2) is 18.1. The van der Waals surface area contributed by atoms with Gasteiger partial charge in [0.25, 0.3) is 0 Å². The van der Waals surface area contributed by atoms with Crippen molar-refractivity contribution in [1.29, 1.82) is 0 Å². The van der Waals surface area contributed by atoms with E-state index in [1.807, 2.05) is 91.0 Å². The highest BCUT2D eigenvalue weighted by molar-refractivity contribution is 5.88. The van der Waals surface area contributed by atoms with E-state index in [1.165, 1.54) is 20.1 Å². The summed E-state index contributed by atoms with van der Waals surface area (Å²) in [6.45, 7) is 1.55. The quantitative estimate of drug-likeness (QED) is 0.0809. The molecule has 3 aromatic carbocycles. The number of hydrogen-bond acceptors (Lipinski definition) is 11. The molecule has 7 atom stereocenters. The Labute approximate surface area is 284 Å².